The Balaban J connectivity index is 2.42. The second-order valence-corrected chi connectivity index (χ2v) is 9.80. The molecule has 0 aliphatic carbocycles. The van der Waals surface area contributed by atoms with Crippen molar-refractivity contribution in [1.82, 2.24) is 0 Å². The highest BCUT2D eigenvalue weighted by molar-refractivity contribution is 14.1. The van der Waals surface area contributed by atoms with Gasteiger partial charge in [-0.3, -0.25) is 0 Å². The van der Waals surface area contributed by atoms with Crippen molar-refractivity contribution in [3.05, 3.63) is 20.8 Å². The van der Waals surface area contributed by atoms with Crippen LogP contribution in [-0.4, -0.2) is 10.2 Å². The molecule has 1 aromatic carbocycles. The van der Waals surface area contributed by atoms with E-state index in [2.05, 4.69) is 36.4 Å². The first-order chi connectivity index (χ1) is 14.1. The monoisotopic (exact) mass is 516 g/mol. The van der Waals surface area contributed by atoms with E-state index in [1.807, 2.05) is 0 Å². The summed E-state index contributed by atoms with van der Waals surface area (Å²) in [7, 11) is 0. The number of phenols is 2. The Bertz CT molecular complexity index is 542. The number of hydrogen-bond donors (Lipinski definition) is 2. The average molecular weight is 517 g/mol. The maximum Gasteiger partial charge on any atom is 0.161 e. The molecular weight excluding hydrogens is 471 g/mol. The van der Waals surface area contributed by atoms with Gasteiger partial charge < -0.3 is 10.2 Å². The summed E-state index contributed by atoms with van der Waals surface area (Å²) in [4.78, 5) is 0. The fourth-order valence-corrected chi connectivity index (χ4v) is 5.02. The standard InChI is InChI=1S/C26H45IO2/c1-3-5-7-9-11-13-15-17-19-22-23(26(29)25(28)21-24(22)27)20-18-16-14-12-10-8-6-4-2/h21,28-29H,3-20H2,1-2H3. The van der Waals surface area contributed by atoms with Crippen molar-refractivity contribution in [3.63, 3.8) is 0 Å². The van der Waals surface area contributed by atoms with E-state index in [0.29, 0.717) is 0 Å². The van der Waals surface area contributed by atoms with Crippen molar-refractivity contribution in [2.45, 2.75) is 129 Å². The van der Waals surface area contributed by atoms with Crippen LogP contribution in [0.25, 0.3) is 0 Å². The van der Waals surface area contributed by atoms with Gasteiger partial charge in [-0.05, 0) is 59.9 Å². The lowest BCUT2D eigenvalue weighted by molar-refractivity contribution is 0.397. The molecule has 1 rings (SSSR count). The Morgan fingerprint density at radius 1 is 0.586 bits per heavy atom. The quantitative estimate of drug-likeness (QED) is 0.116. The fraction of sp³-hybridized carbons (Fsp3) is 0.769. The SMILES string of the molecule is CCCCCCCCCCc1c(I)cc(O)c(O)c1CCCCCCCCCC. The number of phenolic OH excluding ortho intramolecular Hbond substituents is 2. The molecule has 0 heterocycles. The molecule has 0 atom stereocenters. The molecule has 1 aromatic rings. The lowest BCUT2D eigenvalue weighted by atomic mass is 9.95. The summed E-state index contributed by atoms with van der Waals surface area (Å²) in [6, 6.07) is 1.73. The largest absolute Gasteiger partial charge is 0.504 e. The second kappa shape index (κ2) is 17.3. The van der Waals surface area contributed by atoms with E-state index < -0.39 is 0 Å². The summed E-state index contributed by atoms with van der Waals surface area (Å²) < 4.78 is 1.11. The normalized spacial score (nSPS) is 11.3. The first-order valence-electron chi connectivity index (χ1n) is 12.3. The molecule has 0 spiro atoms. The molecule has 0 aliphatic heterocycles. The van der Waals surface area contributed by atoms with E-state index in [4.69, 9.17) is 0 Å². The number of aromatic hydroxyl groups is 2. The third-order valence-corrected chi connectivity index (χ3v) is 6.97. The van der Waals surface area contributed by atoms with E-state index in [1.54, 1.807) is 6.07 Å². The van der Waals surface area contributed by atoms with Gasteiger partial charge in [0.1, 0.15) is 0 Å². The van der Waals surface area contributed by atoms with Crippen molar-refractivity contribution in [1.29, 1.82) is 0 Å². The molecule has 168 valence electrons. The summed E-state index contributed by atoms with van der Waals surface area (Å²) in [6.45, 7) is 4.52. The zero-order chi connectivity index (χ0) is 21.3. The number of rotatable bonds is 18. The molecular formula is C26H45IO2. The number of hydrogen-bond acceptors (Lipinski definition) is 2. The van der Waals surface area contributed by atoms with Gasteiger partial charge in [0.15, 0.2) is 11.5 Å². The number of unbranched alkanes of at least 4 members (excludes halogenated alkanes) is 14. The minimum absolute atomic E-state index is 0.0450. The van der Waals surface area contributed by atoms with Gasteiger partial charge in [0.25, 0.3) is 0 Å². The van der Waals surface area contributed by atoms with Crippen LogP contribution < -0.4 is 0 Å². The summed E-state index contributed by atoms with van der Waals surface area (Å²) in [5.41, 5.74) is 2.28. The van der Waals surface area contributed by atoms with Crippen molar-refractivity contribution in [2.75, 3.05) is 0 Å². The van der Waals surface area contributed by atoms with E-state index in [1.165, 1.54) is 102 Å². The predicted molar refractivity (Wildman–Crippen MR) is 135 cm³/mol. The fourth-order valence-electron chi connectivity index (χ4n) is 4.13. The highest BCUT2D eigenvalue weighted by atomic mass is 127. The topological polar surface area (TPSA) is 40.5 Å². The molecule has 0 amide bonds. The summed E-state index contributed by atoms with van der Waals surface area (Å²) in [6.07, 6.45) is 22.8. The van der Waals surface area contributed by atoms with Crippen molar-refractivity contribution >= 4 is 22.6 Å². The first kappa shape index (κ1) is 26.6. The van der Waals surface area contributed by atoms with Crippen LogP contribution in [-0.2, 0) is 12.8 Å². The van der Waals surface area contributed by atoms with E-state index in [9.17, 15) is 10.2 Å². The third kappa shape index (κ3) is 11.5. The number of halogens is 1. The van der Waals surface area contributed by atoms with Gasteiger partial charge >= 0.3 is 0 Å². The zero-order valence-corrected chi connectivity index (χ0v) is 21.2. The Kier molecular flexibility index (Phi) is 15.8. The van der Waals surface area contributed by atoms with E-state index in [-0.39, 0.29) is 11.5 Å². The highest BCUT2D eigenvalue weighted by Gasteiger charge is 2.15. The molecule has 0 unspecified atom stereocenters. The predicted octanol–water partition coefficient (Wildman–Crippen LogP) is 9.07. The Labute approximate surface area is 194 Å². The van der Waals surface area contributed by atoms with Crippen molar-refractivity contribution < 1.29 is 10.2 Å². The highest BCUT2D eigenvalue weighted by Crippen LogP contribution is 2.37. The van der Waals surface area contributed by atoms with Crippen LogP contribution in [0.1, 0.15) is 128 Å². The maximum absolute atomic E-state index is 10.5. The van der Waals surface area contributed by atoms with Crippen LogP contribution in [0.2, 0.25) is 0 Å². The first-order valence-corrected chi connectivity index (χ1v) is 13.4. The molecule has 0 aliphatic rings. The van der Waals surface area contributed by atoms with E-state index in [0.717, 1.165) is 28.4 Å². The minimum atomic E-state index is 0.0450. The van der Waals surface area contributed by atoms with Crippen LogP contribution >= 0.6 is 22.6 Å². The van der Waals surface area contributed by atoms with Crippen LogP contribution in [0.3, 0.4) is 0 Å². The second-order valence-electron chi connectivity index (χ2n) is 8.63. The minimum Gasteiger partial charge on any atom is -0.504 e. The molecule has 3 heteroatoms. The molecule has 0 saturated carbocycles. The average Bonchev–Trinajstić information content (AvgIpc) is 2.71. The zero-order valence-electron chi connectivity index (χ0n) is 19.1. The Hall–Kier alpha value is -0.450. The van der Waals surface area contributed by atoms with Crippen LogP contribution in [0.5, 0.6) is 11.5 Å². The lowest BCUT2D eigenvalue weighted by Crippen LogP contribution is -2.00. The molecule has 2 N–H and O–H groups in total. The van der Waals surface area contributed by atoms with Gasteiger partial charge in [-0.2, -0.15) is 0 Å². The maximum atomic E-state index is 10.5. The van der Waals surface area contributed by atoms with Gasteiger partial charge in [0.05, 0.1) is 0 Å². The summed E-state index contributed by atoms with van der Waals surface area (Å²) >= 11 is 2.33. The molecule has 29 heavy (non-hydrogen) atoms. The van der Waals surface area contributed by atoms with Gasteiger partial charge in [-0.15, -0.1) is 0 Å². The molecule has 2 nitrogen and oxygen atoms in total. The Morgan fingerprint density at radius 3 is 1.41 bits per heavy atom. The molecule has 0 radical (unpaired) electrons. The van der Waals surface area contributed by atoms with Gasteiger partial charge in [-0.1, -0.05) is 104 Å². The summed E-state index contributed by atoms with van der Waals surface area (Å²) in [5.74, 6) is 0.173. The van der Waals surface area contributed by atoms with Crippen molar-refractivity contribution in [3.8, 4) is 11.5 Å². The molecule has 0 fully saturated rings. The smallest absolute Gasteiger partial charge is 0.161 e. The van der Waals surface area contributed by atoms with Gasteiger partial charge in [0.2, 0.25) is 0 Å². The Morgan fingerprint density at radius 2 is 0.966 bits per heavy atom. The van der Waals surface area contributed by atoms with Crippen LogP contribution in [0, 0.1) is 3.57 Å². The summed E-state index contributed by atoms with van der Waals surface area (Å²) in [5, 5.41) is 20.6. The lowest BCUT2D eigenvalue weighted by Gasteiger charge is -2.15. The van der Waals surface area contributed by atoms with Crippen LogP contribution in [0.4, 0.5) is 0 Å². The van der Waals surface area contributed by atoms with Crippen LogP contribution in [0.15, 0.2) is 6.07 Å². The molecule has 0 bridgehead atoms. The van der Waals surface area contributed by atoms with E-state index >= 15 is 0 Å². The van der Waals surface area contributed by atoms with Crippen molar-refractivity contribution in [2.24, 2.45) is 0 Å². The van der Waals surface area contributed by atoms with Gasteiger partial charge in [0, 0.05) is 9.13 Å². The van der Waals surface area contributed by atoms with Gasteiger partial charge in [-0.25, -0.2) is 0 Å². The number of benzene rings is 1. The third-order valence-electron chi connectivity index (χ3n) is 6.01. The molecule has 0 aromatic heterocycles. The molecule has 0 saturated heterocycles.